The molecule has 2 aromatic carbocycles. The molecule has 0 bridgehead atoms. The molecule has 34 heavy (non-hydrogen) atoms. The summed E-state index contributed by atoms with van der Waals surface area (Å²) in [5, 5.41) is 9.25. The maximum Gasteiger partial charge on any atom is 0.262 e. The van der Waals surface area contributed by atoms with Gasteiger partial charge in [0.25, 0.3) is 11.5 Å². The Morgan fingerprint density at radius 1 is 1.15 bits per heavy atom. The second-order valence-corrected chi connectivity index (χ2v) is 9.67. The highest BCUT2D eigenvalue weighted by atomic mass is 32.2. The van der Waals surface area contributed by atoms with Crippen molar-refractivity contribution in [2.45, 2.75) is 17.6 Å². The first kappa shape index (κ1) is 22.4. The zero-order chi connectivity index (χ0) is 23.7. The molecule has 7 nitrogen and oxygen atoms in total. The summed E-state index contributed by atoms with van der Waals surface area (Å²) in [5.74, 6) is 0.739. The molecule has 2 aromatic heterocycles. The first-order valence-electron chi connectivity index (χ1n) is 10.7. The number of fused-ring (bicyclic) bond motifs is 1. The molecule has 0 saturated heterocycles. The summed E-state index contributed by atoms with van der Waals surface area (Å²) in [5.41, 5.74) is 2.74. The van der Waals surface area contributed by atoms with Gasteiger partial charge in [-0.2, -0.15) is 5.10 Å². The van der Waals surface area contributed by atoms with Crippen LogP contribution in [0.15, 0.2) is 81.1 Å². The van der Waals surface area contributed by atoms with Crippen molar-refractivity contribution in [3.8, 4) is 5.75 Å². The van der Waals surface area contributed by atoms with Gasteiger partial charge in [0, 0.05) is 13.5 Å². The largest absolute Gasteiger partial charge is 0.497 e. The lowest BCUT2D eigenvalue weighted by molar-refractivity contribution is -0.130. The molecule has 5 rings (SSSR count). The number of aromatic nitrogens is 2. The molecule has 0 radical (unpaired) electrons. The third-order valence-corrected chi connectivity index (χ3v) is 7.58. The number of thioether (sulfide) groups is 1. The van der Waals surface area contributed by atoms with E-state index in [1.807, 2.05) is 60.0 Å². The van der Waals surface area contributed by atoms with Crippen molar-refractivity contribution in [3.63, 3.8) is 0 Å². The molecule has 1 unspecified atom stereocenters. The molecule has 172 valence electrons. The van der Waals surface area contributed by atoms with Gasteiger partial charge in [0.05, 0.1) is 30.0 Å². The summed E-state index contributed by atoms with van der Waals surface area (Å²) < 4.78 is 6.78. The minimum Gasteiger partial charge on any atom is -0.497 e. The number of ether oxygens (including phenoxy) is 1. The average molecular weight is 491 g/mol. The van der Waals surface area contributed by atoms with Crippen molar-refractivity contribution < 1.29 is 9.53 Å². The van der Waals surface area contributed by atoms with E-state index in [9.17, 15) is 9.59 Å². The average Bonchev–Trinajstić information content (AvgIpc) is 3.53. The summed E-state index contributed by atoms with van der Waals surface area (Å²) in [4.78, 5) is 31.2. The summed E-state index contributed by atoms with van der Waals surface area (Å²) in [6.07, 6.45) is 0.616. The zero-order valence-electron chi connectivity index (χ0n) is 18.7. The quantitative estimate of drug-likeness (QED) is 0.294. The van der Waals surface area contributed by atoms with Crippen LogP contribution in [0, 0.1) is 0 Å². The molecule has 0 fully saturated rings. The van der Waals surface area contributed by atoms with Crippen molar-refractivity contribution in [1.82, 2.24) is 14.6 Å². The molecule has 0 N–H and O–H groups in total. The number of methoxy groups -OCH3 is 1. The number of benzene rings is 2. The van der Waals surface area contributed by atoms with Gasteiger partial charge in [-0.05, 0) is 34.7 Å². The van der Waals surface area contributed by atoms with Crippen LogP contribution in [0.5, 0.6) is 5.75 Å². The SMILES string of the molecule is COc1ccc(C2CC(c3ccccc3)=NN2C(=O)CSc2nc3sccc3c(=O)n2C)cc1. The Morgan fingerprint density at radius 2 is 1.91 bits per heavy atom. The van der Waals surface area contributed by atoms with Gasteiger partial charge in [0.15, 0.2) is 5.16 Å². The Bertz CT molecular complexity index is 1430. The van der Waals surface area contributed by atoms with Gasteiger partial charge in [-0.1, -0.05) is 54.2 Å². The molecule has 1 atom stereocenters. The topological polar surface area (TPSA) is 76.8 Å². The molecular formula is C25H22N4O3S2. The molecule has 0 aliphatic carbocycles. The number of rotatable bonds is 6. The minimum absolute atomic E-state index is 0.108. The minimum atomic E-state index is -0.217. The fourth-order valence-corrected chi connectivity index (χ4v) is 5.56. The van der Waals surface area contributed by atoms with Crippen molar-refractivity contribution in [3.05, 3.63) is 87.5 Å². The van der Waals surface area contributed by atoms with E-state index in [1.54, 1.807) is 25.2 Å². The summed E-state index contributed by atoms with van der Waals surface area (Å²) in [6, 6.07) is 19.2. The van der Waals surface area contributed by atoms with Crippen molar-refractivity contribution in [2.24, 2.45) is 12.1 Å². The molecule has 1 aliphatic rings. The second kappa shape index (κ2) is 9.44. The van der Waals surface area contributed by atoms with Crippen molar-refractivity contribution >= 4 is 44.9 Å². The molecule has 3 heterocycles. The van der Waals surface area contributed by atoms with E-state index in [-0.39, 0.29) is 23.3 Å². The highest BCUT2D eigenvalue weighted by Crippen LogP contribution is 2.34. The Hall–Kier alpha value is -3.43. The predicted octanol–water partition coefficient (Wildman–Crippen LogP) is 4.47. The fourth-order valence-electron chi connectivity index (χ4n) is 3.93. The van der Waals surface area contributed by atoms with Crippen LogP contribution in [-0.2, 0) is 11.8 Å². The molecule has 0 saturated carbocycles. The van der Waals surface area contributed by atoms with E-state index in [1.165, 1.54) is 27.7 Å². The Balaban J connectivity index is 1.42. The van der Waals surface area contributed by atoms with E-state index in [4.69, 9.17) is 9.84 Å². The number of hydrazone groups is 1. The van der Waals surface area contributed by atoms with Crippen LogP contribution in [0.4, 0.5) is 0 Å². The lowest BCUT2D eigenvalue weighted by Crippen LogP contribution is -2.29. The van der Waals surface area contributed by atoms with Crippen LogP contribution in [0.3, 0.4) is 0 Å². The van der Waals surface area contributed by atoms with Gasteiger partial charge in [-0.15, -0.1) is 11.3 Å². The highest BCUT2D eigenvalue weighted by Gasteiger charge is 2.33. The first-order valence-corrected chi connectivity index (χ1v) is 12.6. The van der Waals surface area contributed by atoms with E-state index in [0.717, 1.165) is 22.6 Å². The van der Waals surface area contributed by atoms with Gasteiger partial charge < -0.3 is 4.74 Å². The number of carbonyl (C=O) groups is 1. The highest BCUT2D eigenvalue weighted by molar-refractivity contribution is 7.99. The van der Waals surface area contributed by atoms with Crippen molar-refractivity contribution in [2.75, 3.05) is 12.9 Å². The van der Waals surface area contributed by atoms with E-state index < -0.39 is 0 Å². The number of carbonyl (C=O) groups excluding carboxylic acids is 1. The van der Waals surface area contributed by atoms with Gasteiger partial charge >= 0.3 is 0 Å². The molecular weight excluding hydrogens is 468 g/mol. The number of hydrogen-bond donors (Lipinski definition) is 0. The Labute approximate surface area is 204 Å². The third-order valence-electron chi connectivity index (χ3n) is 5.76. The lowest BCUT2D eigenvalue weighted by Gasteiger charge is -2.22. The molecule has 1 aliphatic heterocycles. The van der Waals surface area contributed by atoms with Crippen molar-refractivity contribution in [1.29, 1.82) is 0 Å². The molecule has 0 spiro atoms. The first-order chi connectivity index (χ1) is 16.5. The van der Waals surface area contributed by atoms with Gasteiger partial charge in [0.1, 0.15) is 10.6 Å². The number of thiophene rings is 1. The number of nitrogens with zero attached hydrogens (tertiary/aromatic N) is 4. The molecule has 9 heteroatoms. The third kappa shape index (κ3) is 4.24. The second-order valence-electron chi connectivity index (χ2n) is 7.83. The summed E-state index contributed by atoms with van der Waals surface area (Å²) >= 11 is 2.67. The van der Waals surface area contributed by atoms with Crippen LogP contribution in [0.1, 0.15) is 23.6 Å². The Kier molecular flexibility index (Phi) is 6.21. The smallest absolute Gasteiger partial charge is 0.262 e. The van der Waals surface area contributed by atoms with E-state index >= 15 is 0 Å². The fraction of sp³-hybridized carbons (Fsp3) is 0.200. The Morgan fingerprint density at radius 3 is 2.65 bits per heavy atom. The number of amides is 1. The van der Waals surface area contributed by atoms with Gasteiger partial charge in [-0.25, -0.2) is 9.99 Å². The maximum absolute atomic E-state index is 13.4. The normalized spacial score (nSPS) is 15.5. The van der Waals surface area contributed by atoms with Crippen LogP contribution in [0.25, 0.3) is 10.2 Å². The maximum atomic E-state index is 13.4. The van der Waals surface area contributed by atoms with Crippen LogP contribution in [0.2, 0.25) is 0 Å². The molecule has 4 aromatic rings. The van der Waals surface area contributed by atoms with E-state index in [0.29, 0.717) is 21.8 Å². The standard InChI is InChI=1S/C25H22N4O3S2/c1-28-24(31)19-12-13-33-23(19)26-25(28)34-15-22(30)29-21(17-8-10-18(32-2)11-9-17)14-20(27-29)16-6-4-3-5-7-16/h3-13,21H,14-15H2,1-2H3. The lowest BCUT2D eigenvalue weighted by atomic mass is 9.98. The summed E-state index contributed by atoms with van der Waals surface area (Å²) in [7, 11) is 3.31. The summed E-state index contributed by atoms with van der Waals surface area (Å²) in [6.45, 7) is 0. The predicted molar refractivity (Wildman–Crippen MR) is 136 cm³/mol. The van der Waals surface area contributed by atoms with Gasteiger partial charge in [0.2, 0.25) is 0 Å². The number of hydrogen-bond acceptors (Lipinski definition) is 7. The van der Waals surface area contributed by atoms with Crippen LogP contribution in [-0.4, -0.2) is 39.0 Å². The van der Waals surface area contributed by atoms with Crippen LogP contribution < -0.4 is 10.3 Å². The van der Waals surface area contributed by atoms with E-state index in [2.05, 4.69) is 4.98 Å². The van der Waals surface area contributed by atoms with Crippen LogP contribution >= 0.6 is 23.1 Å². The molecule has 1 amide bonds. The van der Waals surface area contributed by atoms with Gasteiger partial charge in [-0.3, -0.25) is 14.2 Å². The zero-order valence-corrected chi connectivity index (χ0v) is 20.3. The monoisotopic (exact) mass is 490 g/mol.